The second-order valence-corrected chi connectivity index (χ2v) is 9.42. The number of benzene rings is 3. The molecule has 0 saturated heterocycles. The third-order valence-corrected chi connectivity index (χ3v) is 6.97. The second kappa shape index (κ2) is 9.87. The fourth-order valence-corrected chi connectivity index (χ4v) is 5.27. The second-order valence-electron chi connectivity index (χ2n) is 8.41. The minimum atomic E-state index is -0.936. The normalized spacial score (nSPS) is 15.1. The summed E-state index contributed by atoms with van der Waals surface area (Å²) in [6, 6.07) is 17.1. The minimum absolute atomic E-state index is 0.0273. The van der Waals surface area contributed by atoms with E-state index in [9.17, 15) is 29.2 Å². The van der Waals surface area contributed by atoms with Crippen LogP contribution < -0.4 is 25.3 Å². The Kier molecular flexibility index (Phi) is 6.43. The molecule has 0 radical (unpaired) electrons. The largest absolute Gasteiger partial charge is 0.867 e. The Bertz CT molecular complexity index is 1790. The minimum Gasteiger partial charge on any atom is -0.867 e. The van der Waals surface area contributed by atoms with Crippen LogP contribution in [0.25, 0.3) is 6.08 Å². The molecule has 0 saturated carbocycles. The van der Waals surface area contributed by atoms with E-state index in [0.717, 1.165) is 17.4 Å². The van der Waals surface area contributed by atoms with Crippen LogP contribution in [0, 0.1) is 15.9 Å². The van der Waals surface area contributed by atoms with Crippen molar-refractivity contribution in [2.45, 2.75) is 13.0 Å². The molecule has 1 aliphatic rings. The maximum absolute atomic E-state index is 13.8. The van der Waals surface area contributed by atoms with Gasteiger partial charge in [-0.25, -0.2) is 9.38 Å². The van der Waals surface area contributed by atoms with Crippen molar-refractivity contribution >= 4 is 34.7 Å². The monoisotopic (exact) mass is 529 g/mol. The van der Waals surface area contributed by atoms with Crippen LogP contribution in [-0.2, 0) is 4.79 Å². The molecule has 9 nitrogen and oxygen atoms in total. The number of para-hydroxylation sites is 2. The van der Waals surface area contributed by atoms with Crippen molar-refractivity contribution in [1.82, 2.24) is 4.57 Å². The molecule has 0 bridgehead atoms. The summed E-state index contributed by atoms with van der Waals surface area (Å²) in [7, 11) is 0. The highest BCUT2D eigenvalue weighted by molar-refractivity contribution is 7.07. The van der Waals surface area contributed by atoms with E-state index in [-0.39, 0.29) is 20.5 Å². The standard InChI is InChI=1S/C27H19FN4O5S/c1-15-22(25(34)30-19-7-3-2-4-8-19)23(16-10-12-18(28)13-11-16)31-26(35)21(38-27(31)29-15)14-17-6-5-9-20(24(17)33)32(36)37/h2-14,23,33H,1H3,(H,30,34)/p-1/t23-/m0/s1. The van der Waals surface area contributed by atoms with E-state index >= 15 is 0 Å². The molecular weight excluding hydrogens is 511 g/mol. The molecular formula is C27H18FN4O5S-. The van der Waals surface area contributed by atoms with Crippen LogP contribution in [-0.4, -0.2) is 15.4 Å². The van der Waals surface area contributed by atoms with E-state index in [1.807, 2.05) is 0 Å². The first-order valence-corrected chi connectivity index (χ1v) is 12.1. The van der Waals surface area contributed by atoms with Crippen LogP contribution in [0.4, 0.5) is 15.8 Å². The zero-order valence-electron chi connectivity index (χ0n) is 19.8. The van der Waals surface area contributed by atoms with Crippen LogP contribution in [0.5, 0.6) is 5.75 Å². The molecule has 1 amide bonds. The molecule has 1 aromatic heterocycles. The number of thiazole rings is 1. The Labute approximate surface area is 218 Å². The topological polar surface area (TPSA) is 130 Å². The van der Waals surface area contributed by atoms with E-state index in [0.29, 0.717) is 16.9 Å². The Balaban J connectivity index is 1.69. The van der Waals surface area contributed by atoms with Gasteiger partial charge in [0, 0.05) is 11.8 Å². The third kappa shape index (κ3) is 4.50. The molecule has 1 atom stereocenters. The van der Waals surface area contributed by atoms with Gasteiger partial charge in [0.05, 0.1) is 26.8 Å². The summed E-state index contributed by atoms with van der Waals surface area (Å²) in [5.74, 6) is -1.79. The number of hydrogen-bond acceptors (Lipinski definition) is 7. The van der Waals surface area contributed by atoms with Crippen LogP contribution in [0.3, 0.4) is 0 Å². The van der Waals surface area contributed by atoms with Crippen molar-refractivity contribution in [3.63, 3.8) is 0 Å². The fraction of sp³-hybridized carbons (Fsp3) is 0.0741. The highest BCUT2D eigenvalue weighted by atomic mass is 32.1. The van der Waals surface area contributed by atoms with Gasteiger partial charge in [0.25, 0.3) is 17.2 Å². The van der Waals surface area contributed by atoms with Crippen molar-refractivity contribution in [2.24, 2.45) is 4.99 Å². The SMILES string of the molecule is CC1=C(C(=O)Nc2ccccc2)[C@H](c2ccc(F)cc2)n2c(sc(=Cc3cccc([N+](=O)[O-])c3[O-])c2=O)=N1. The lowest BCUT2D eigenvalue weighted by Gasteiger charge is -2.25. The van der Waals surface area contributed by atoms with Gasteiger partial charge in [-0.3, -0.25) is 24.3 Å². The predicted molar refractivity (Wildman–Crippen MR) is 138 cm³/mol. The molecule has 0 spiro atoms. The van der Waals surface area contributed by atoms with Crippen LogP contribution >= 0.6 is 11.3 Å². The first-order valence-electron chi connectivity index (χ1n) is 11.3. The van der Waals surface area contributed by atoms with E-state index in [4.69, 9.17) is 0 Å². The van der Waals surface area contributed by atoms with Gasteiger partial charge < -0.3 is 10.4 Å². The van der Waals surface area contributed by atoms with Crippen molar-refractivity contribution in [2.75, 3.05) is 5.32 Å². The average molecular weight is 530 g/mol. The maximum Gasteiger partial charge on any atom is 0.271 e. The van der Waals surface area contributed by atoms with Crippen molar-refractivity contribution < 1.29 is 19.2 Å². The Morgan fingerprint density at radius 3 is 2.50 bits per heavy atom. The Morgan fingerprint density at radius 1 is 1.11 bits per heavy atom. The lowest BCUT2D eigenvalue weighted by Crippen LogP contribution is -2.40. The van der Waals surface area contributed by atoms with Gasteiger partial charge >= 0.3 is 0 Å². The molecule has 1 N–H and O–H groups in total. The zero-order valence-corrected chi connectivity index (χ0v) is 20.6. The van der Waals surface area contributed by atoms with Crippen molar-refractivity contribution in [1.29, 1.82) is 0 Å². The smallest absolute Gasteiger partial charge is 0.271 e. The number of rotatable bonds is 5. The molecule has 11 heteroatoms. The first-order chi connectivity index (χ1) is 18.2. The number of aromatic nitrogens is 1. The van der Waals surface area contributed by atoms with Crippen molar-refractivity contribution in [3.8, 4) is 5.75 Å². The predicted octanol–water partition coefficient (Wildman–Crippen LogP) is 2.99. The summed E-state index contributed by atoms with van der Waals surface area (Å²) in [4.78, 5) is 42.3. The summed E-state index contributed by atoms with van der Waals surface area (Å²) in [5, 5.41) is 26.6. The molecule has 0 fully saturated rings. The van der Waals surface area contributed by atoms with Gasteiger partial charge in [0.1, 0.15) is 5.82 Å². The maximum atomic E-state index is 13.8. The quantitative estimate of drug-likeness (QED) is 0.314. The molecule has 1 aliphatic heterocycles. The molecule has 0 unspecified atom stereocenters. The zero-order chi connectivity index (χ0) is 27.0. The van der Waals surface area contributed by atoms with Crippen molar-refractivity contribution in [3.05, 3.63) is 131 Å². The van der Waals surface area contributed by atoms with Gasteiger partial charge in [-0.15, -0.1) is 0 Å². The summed E-state index contributed by atoms with van der Waals surface area (Å²) in [5.41, 5.74) is 0.395. The molecule has 0 aliphatic carbocycles. The molecule has 38 heavy (non-hydrogen) atoms. The van der Waals surface area contributed by atoms with Crippen LogP contribution in [0.1, 0.15) is 24.1 Å². The van der Waals surface area contributed by atoms with E-state index in [2.05, 4.69) is 10.3 Å². The number of nitro groups is 1. The number of nitrogens with zero attached hydrogens (tertiary/aromatic N) is 3. The van der Waals surface area contributed by atoms with E-state index < -0.39 is 39.7 Å². The number of nitro benzene ring substituents is 1. The van der Waals surface area contributed by atoms with Gasteiger partial charge in [0.15, 0.2) is 4.80 Å². The molecule has 4 aromatic rings. The number of amides is 1. The molecule has 190 valence electrons. The number of allylic oxidation sites excluding steroid dienone is 1. The van der Waals surface area contributed by atoms with E-state index in [1.165, 1.54) is 47.0 Å². The lowest BCUT2D eigenvalue weighted by atomic mass is 9.95. The number of halogens is 1. The fourth-order valence-electron chi connectivity index (χ4n) is 4.23. The number of hydrogen-bond donors (Lipinski definition) is 1. The van der Waals surface area contributed by atoms with Crippen LogP contribution in [0.15, 0.2) is 93.9 Å². The number of anilines is 1. The lowest BCUT2D eigenvalue weighted by molar-refractivity contribution is -0.398. The molecule has 3 aromatic carbocycles. The van der Waals surface area contributed by atoms with Gasteiger partial charge in [-0.2, -0.15) is 0 Å². The van der Waals surface area contributed by atoms with Gasteiger partial charge in [-0.1, -0.05) is 53.8 Å². The molecule has 2 heterocycles. The third-order valence-electron chi connectivity index (χ3n) is 5.99. The van der Waals surface area contributed by atoms with Gasteiger partial charge in [-0.05, 0) is 54.1 Å². The number of fused-ring (bicyclic) bond motifs is 1. The summed E-state index contributed by atoms with van der Waals surface area (Å²) in [6.07, 6.45) is 1.28. The number of carbonyl (C=O) groups excluding carboxylic acids is 1. The summed E-state index contributed by atoms with van der Waals surface area (Å²) < 4.78 is 15.2. The van der Waals surface area contributed by atoms with Gasteiger partial charge in [0.2, 0.25) is 0 Å². The highest BCUT2D eigenvalue weighted by Crippen LogP contribution is 2.31. The Hall–Kier alpha value is -4.90. The summed E-state index contributed by atoms with van der Waals surface area (Å²) in [6.45, 7) is 1.64. The Morgan fingerprint density at radius 2 is 1.82 bits per heavy atom. The first kappa shape index (κ1) is 24.8. The molecule has 5 rings (SSSR count). The number of nitrogens with one attached hydrogen (secondary N) is 1. The average Bonchev–Trinajstić information content (AvgIpc) is 3.19. The van der Waals surface area contributed by atoms with E-state index in [1.54, 1.807) is 37.3 Å². The van der Waals surface area contributed by atoms with Crippen LogP contribution in [0.2, 0.25) is 0 Å². The number of carbonyl (C=O) groups is 1. The highest BCUT2D eigenvalue weighted by Gasteiger charge is 2.32. The summed E-state index contributed by atoms with van der Waals surface area (Å²) >= 11 is 0.982.